The van der Waals surface area contributed by atoms with E-state index in [2.05, 4.69) is 4.74 Å². The molecule has 0 unspecified atom stereocenters. The molecule has 2 aliphatic rings. The highest BCUT2D eigenvalue weighted by molar-refractivity contribution is 5.72. The molecule has 84 valence electrons. The van der Waals surface area contributed by atoms with Crippen molar-refractivity contribution in [2.45, 2.75) is 31.4 Å². The molecule has 5 heteroatoms. The van der Waals surface area contributed by atoms with Crippen molar-refractivity contribution in [1.82, 2.24) is 4.90 Å². The fourth-order valence-corrected chi connectivity index (χ4v) is 2.31. The maximum absolute atomic E-state index is 11.1. The Labute approximate surface area is 88.3 Å². The third-order valence-corrected chi connectivity index (χ3v) is 3.09. The Morgan fingerprint density at radius 1 is 1.60 bits per heavy atom. The Morgan fingerprint density at radius 3 is 3.13 bits per heavy atom. The van der Waals surface area contributed by atoms with E-state index in [1.807, 2.05) is 4.90 Å². The average Bonchev–Trinajstić information content (AvgIpc) is 2.60. The lowest BCUT2D eigenvalue weighted by molar-refractivity contribution is -0.156. The maximum Gasteiger partial charge on any atom is 0.319 e. The van der Waals surface area contributed by atoms with Crippen LogP contribution in [0.25, 0.3) is 0 Å². The van der Waals surface area contributed by atoms with Crippen molar-refractivity contribution in [1.29, 1.82) is 0 Å². The number of carbonyl (C=O) groups excluding carboxylic acids is 2. The van der Waals surface area contributed by atoms with Crippen molar-refractivity contribution in [3.8, 4) is 0 Å². The second-order valence-electron chi connectivity index (χ2n) is 3.97. The summed E-state index contributed by atoms with van der Waals surface area (Å²) in [5.74, 6) is -0.344. The molecule has 0 radical (unpaired) electrons. The first-order valence-corrected chi connectivity index (χ1v) is 5.21. The zero-order valence-corrected chi connectivity index (χ0v) is 8.77. The first-order chi connectivity index (χ1) is 7.20. The van der Waals surface area contributed by atoms with Crippen LogP contribution in [0, 0.1) is 0 Å². The summed E-state index contributed by atoms with van der Waals surface area (Å²) in [5.41, 5.74) is 0. The lowest BCUT2D eigenvalue weighted by Gasteiger charge is -2.30. The lowest BCUT2D eigenvalue weighted by Crippen LogP contribution is -2.43. The zero-order chi connectivity index (χ0) is 10.8. The molecule has 0 aromatic rings. The molecular weight excluding hydrogens is 198 g/mol. The van der Waals surface area contributed by atoms with Crippen LogP contribution >= 0.6 is 0 Å². The smallest absolute Gasteiger partial charge is 0.319 e. The molecule has 5 nitrogen and oxygen atoms in total. The first-order valence-electron chi connectivity index (χ1n) is 5.21. The van der Waals surface area contributed by atoms with E-state index in [0.29, 0.717) is 13.0 Å². The molecule has 0 saturated carbocycles. The number of rotatable bonds is 2. The van der Waals surface area contributed by atoms with Gasteiger partial charge in [0.2, 0.25) is 0 Å². The molecule has 2 saturated heterocycles. The molecule has 2 fully saturated rings. The number of hydrogen-bond donors (Lipinski definition) is 0. The first kappa shape index (κ1) is 10.4. The van der Waals surface area contributed by atoms with Crippen molar-refractivity contribution in [2.24, 2.45) is 0 Å². The summed E-state index contributed by atoms with van der Waals surface area (Å²) in [6, 6.07) is 0.210. The largest absolute Gasteiger partial charge is 0.468 e. The number of likely N-dealkylation sites (tertiary alicyclic amines) is 1. The van der Waals surface area contributed by atoms with E-state index in [4.69, 9.17) is 4.74 Å². The van der Waals surface area contributed by atoms with Crippen molar-refractivity contribution in [3.63, 3.8) is 0 Å². The third kappa shape index (κ3) is 2.12. The Kier molecular flexibility index (Phi) is 2.90. The number of methoxy groups -OCH3 is 1. The van der Waals surface area contributed by atoms with Gasteiger partial charge in [0.1, 0.15) is 6.10 Å². The minimum Gasteiger partial charge on any atom is -0.468 e. The van der Waals surface area contributed by atoms with Crippen LogP contribution in [0.2, 0.25) is 0 Å². The van der Waals surface area contributed by atoms with Gasteiger partial charge in [-0.1, -0.05) is 0 Å². The fraction of sp³-hybridized carbons (Fsp3) is 0.800. The quantitative estimate of drug-likeness (QED) is 0.601. The molecule has 0 aromatic carbocycles. The predicted octanol–water partition coefficient (Wildman–Crippen LogP) is -0.0607. The molecule has 0 amide bonds. The highest BCUT2D eigenvalue weighted by atomic mass is 16.5. The summed E-state index contributed by atoms with van der Waals surface area (Å²) >= 11 is 0. The third-order valence-electron chi connectivity index (χ3n) is 3.09. The van der Waals surface area contributed by atoms with Crippen molar-refractivity contribution < 1.29 is 19.1 Å². The van der Waals surface area contributed by atoms with E-state index in [1.165, 1.54) is 7.11 Å². The van der Waals surface area contributed by atoms with E-state index in [1.54, 1.807) is 0 Å². The van der Waals surface area contributed by atoms with Crippen LogP contribution in [0.3, 0.4) is 0 Å². The SMILES string of the molecule is COC(=O)CN1CC[C@H]2OC(=O)CC[C@@H]21. The predicted molar refractivity (Wildman–Crippen MR) is 51.1 cm³/mol. The summed E-state index contributed by atoms with van der Waals surface area (Å²) in [4.78, 5) is 24.2. The van der Waals surface area contributed by atoms with Crippen LogP contribution in [-0.2, 0) is 19.1 Å². The standard InChI is InChI=1S/C10H15NO4/c1-14-10(13)6-11-5-4-8-7(11)2-3-9(12)15-8/h7-8H,2-6H2,1H3/t7-,8+/m0/s1. The van der Waals surface area contributed by atoms with Gasteiger partial charge >= 0.3 is 11.9 Å². The molecule has 0 aromatic heterocycles. The zero-order valence-electron chi connectivity index (χ0n) is 8.77. The molecule has 2 aliphatic heterocycles. The van der Waals surface area contributed by atoms with Crippen molar-refractivity contribution in [3.05, 3.63) is 0 Å². The summed E-state index contributed by atoms with van der Waals surface area (Å²) in [5, 5.41) is 0. The Balaban J connectivity index is 1.94. The summed E-state index contributed by atoms with van der Waals surface area (Å²) in [7, 11) is 1.39. The van der Waals surface area contributed by atoms with Crippen LogP contribution in [-0.4, -0.2) is 49.2 Å². The summed E-state index contributed by atoms with van der Waals surface area (Å²) in [6.07, 6.45) is 2.06. The van der Waals surface area contributed by atoms with Gasteiger partial charge in [-0.2, -0.15) is 0 Å². The number of ether oxygens (including phenoxy) is 2. The molecule has 15 heavy (non-hydrogen) atoms. The summed E-state index contributed by atoms with van der Waals surface area (Å²) < 4.78 is 9.85. The van der Waals surface area contributed by atoms with Gasteiger partial charge in [0.15, 0.2) is 0 Å². The van der Waals surface area contributed by atoms with Gasteiger partial charge in [-0.25, -0.2) is 0 Å². The van der Waals surface area contributed by atoms with Gasteiger partial charge in [-0.15, -0.1) is 0 Å². The second kappa shape index (κ2) is 4.18. The van der Waals surface area contributed by atoms with Gasteiger partial charge in [-0.05, 0) is 12.8 Å². The summed E-state index contributed by atoms with van der Waals surface area (Å²) in [6.45, 7) is 1.10. The van der Waals surface area contributed by atoms with E-state index in [-0.39, 0.29) is 24.1 Å². The molecular formula is C10H15NO4. The van der Waals surface area contributed by atoms with Gasteiger partial charge in [0, 0.05) is 19.0 Å². The van der Waals surface area contributed by atoms with Gasteiger partial charge < -0.3 is 9.47 Å². The highest BCUT2D eigenvalue weighted by Crippen LogP contribution is 2.28. The van der Waals surface area contributed by atoms with E-state index in [0.717, 1.165) is 19.4 Å². The molecule has 2 heterocycles. The second-order valence-corrected chi connectivity index (χ2v) is 3.97. The lowest BCUT2D eigenvalue weighted by atomic mass is 10.0. The van der Waals surface area contributed by atoms with E-state index >= 15 is 0 Å². The normalized spacial score (nSPS) is 30.9. The number of hydrogen-bond acceptors (Lipinski definition) is 5. The maximum atomic E-state index is 11.1. The van der Waals surface area contributed by atoms with Crippen LogP contribution in [0.4, 0.5) is 0 Å². The molecule has 2 atom stereocenters. The molecule has 0 N–H and O–H groups in total. The number of nitrogens with zero attached hydrogens (tertiary/aromatic N) is 1. The number of fused-ring (bicyclic) bond motifs is 1. The Morgan fingerprint density at radius 2 is 2.40 bits per heavy atom. The highest BCUT2D eigenvalue weighted by Gasteiger charge is 2.40. The van der Waals surface area contributed by atoms with Gasteiger partial charge in [-0.3, -0.25) is 14.5 Å². The Bertz CT molecular complexity index is 279. The average molecular weight is 213 g/mol. The van der Waals surface area contributed by atoms with E-state index in [9.17, 15) is 9.59 Å². The van der Waals surface area contributed by atoms with Crippen LogP contribution < -0.4 is 0 Å². The van der Waals surface area contributed by atoms with E-state index < -0.39 is 0 Å². The van der Waals surface area contributed by atoms with Gasteiger partial charge in [0.25, 0.3) is 0 Å². The van der Waals surface area contributed by atoms with Crippen LogP contribution in [0.1, 0.15) is 19.3 Å². The van der Waals surface area contributed by atoms with Crippen LogP contribution in [0.15, 0.2) is 0 Å². The molecule has 2 rings (SSSR count). The fourth-order valence-electron chi connectivity index (χ4n) is 2.31. The number of esters is 2. The van der Waals surface area contributed by atoms with Crippen molar-refractivity contribution >= 4 is 11.9 Å². The molecule has 0 aliphatic carbocycles. The topological polar surface area (TPSA) is 55.8 Å². The van der Waals surface area contributed by atoms with Crippen LogP contribution in [0.5, 0.6) is 0 Å². The minimum absolute atomic E-state index is 0.0177. The number of carbonyl (C=O) groups is 2. The minimum atomic E-state index is -0.229. The Hall–Kier alpha value is -1.10. The monoisotopic (exact) mass is 213 g/mol. The molecule has 0 spiro atoms. The van der Waals surface area contributed by atoms with Gasteiger partial charge in [0.05, 0.1) is 13.7 Å². The van der Waals surface area contributed by atoms with Crippen molar-refractivity contribution in [2.75, 3.05) is 20.2 Å². The molecule has 0 bridgehead atoms.